The molecule has 0 spiro atoms. The lowest BCUT2D eigenvalue weighted by Crippen LogP contribution is -2.16. The van der Waals surface area contributed by atoms with Crippen LogP contribution in [0.5, 0.6) is 0 Å². The highest BCUT2D eigenvalue weighted by Gasteiger charge is 2.08. The van der Waals surface area contributed by atoms with E-state index in [-0.39, 0.29) is 0 Å². The van der Waals surface area contributed by atoms with Gasteiger partial charge in [0.2, 0.25) is 11.8 Å². The average Bonchev–Trinajstić information content (AvgIpc) is 2.83. The monoisotopic (exact) mass is 253 g/mol. The van der Waals surface area contributed by atoms with Crippen molar-refractivity contribution in [3.63, 3.8) is 0 Å². The van der Waals surface area contributed by atoms with Gasteiger partial charge in [-0.15, -0.1) is 10.2 Å². The second-order valence-electron chi connectivity index (χ2n) is 4.60. The Labute approximate surface area is 111 Å². The normalized spacial score (nSPS) is 10.8. The minimum absolute atomic E-state index is 0.599. The van der Waals surface area contributed by atoms with Crippen molar-refractivity contribution in [1.29, 1.82) is 0 Å². The summed E-state index contributed by atoms with van der Waals surface area (Å²) in [7, 11) is 2.02. The number of nitrogens with zero attached hydrogens (tertiary/aromatic N) is 3. The molecular formula is C15H15N3O. The fourth-order valence-electron chi connectivity index (χ4n) is 2.11. The molecule has 0 unspecified atom stereocenters. The molecule has 0 aliphatic carbocycles. The number of fused-ring (bicyclic) bond motifs is 1. The molecule has 0 atom stereocenters. The van der Waals surface area contributed by atoms with Crippen LogP contribution in [0.1, 0.15) is 11.8 Å². The van der Waals surface area contributed by atoms with E-state index in [4.69, 9.17) is 4.42 Å². The summed E-state index contributed by atoms with van der Waals surface area (Å²) < 4.78 is 5.40. The molecule has 4 heteroatoms. The number of aryl methyl sites for hydroxylation is 1. The third-order valence-corrected chi connectivity index (χ3v) is 3.11. The number of hydrogen-bond donors (Lipinski definition) is 0. The molecular weight excluding hydrogens is 238 g/mol. The Morgan fingerprint density at radius 3 is 2.58 bits per heavy atom. The van der Waals surface area contributed by atoms with Gasteiger partial charge in [-0.2, -0.15) is 0 Å². The second kappa shape index (κ2) is 4.72. The van der Waals surface area contributed by atoms with Crippen molar-refractivity contribution >= 4 is 16.5 Å². The molecule has 4 nitrogen and oxygen atoms in total. The smallest absolute Gasteiger partial charge is 0.235 e. The largest absolute Gasteiger partial charge is 0.424 e. The van der Waals surface area contributed by atoms with Gasteiger partial charge in [-0.3, -0.25) is 0 Å². The zero-order valence-corrected chi connectivity index (χ0v) is 11.0. The molecule has 0 radical (unpaired) electrons. The van der Waals surface area contributed by atoms with Crippen molar-refractivity contribution in [2.24, 2.45) is 0 Å². The third kappa shape index (κ3) is 2.42. The fourth-order valence-corrected chi connectivity index (χ4v) is 2.11. The molecule has 19 heavy (non-hydrogen) atoms. The summed E-state index contributed by atoms with van der Waals surface area (Å²) in [6, 6.07) is 14.7. The molecule has 0 saturated carbocycles. The maximum atomic E-state index is 5.40. The van der Waals surface area contributed by atoms with Crippen LogP contribution in [0.25, 0.3) is 10.8 Å². The molecule has 1 aromatic heterocycles. The first-order chi connectivity index (χ1) is 9.22. The molecule has 0 saturated heterocycles. The molecule has 0 aliphatic heterocycles. The topological polar surface area (TPSA) is 42.2 Å². The highest BCUT2D eigenvalue weighted by molar-refractivity contribution is 5.85. The Kier molecular flexibility index (Phi) is 2.91. The number of anilines is 1. The molecule has 0 N–H and O–H groups in total. The van der Waals surface area contributed by atoms with Crippen LogP contribution in [0.3, 0.4) is 0 Å². The van der Waals surface area contributed by atoms with Crippen LogP contribution in [0.2, 0.25) is 0 Å². The number of benzene rings is 2. The predicted octanol–water partition coefficient (Wildman–Crippen LogP) is 3.17. The fraction of sp³-hybridized carbons (Fsp3) is 0.200. The minimum Gasteiger partial charge on any atom is -0.424 e. The highest BCUT2D eigenvalue weighted by Crippen LogP contribution is 2.22. The predicted molar refractivity (Wildman–Crippen MR) is 75.1 cm³/mol. The second-order valence-corrected chi connectivity index (χ2v) is 4.60. The maximum absolute atomic E-state index is 5.40. The van der Waals surface area contributed by atoms with Crippen LogP contribution in [0.15, 0.2) is 46.9 Å². The van der Waals surface area contributed by atoms with Crippen LogP contribution in [0, 0.1) is 6.92 Å². The van der Waals surface area contributed by atoms with Gasteiger partial charge in [0.05, 0.1) is 6.54 Å². The van der Waals surface area contributed by atoms with Crippen LogP contribution in [-0.2, 0) is 6.54 Å². The summed E-state index contributed by atoms with van der Waals surface area (Å²) in [5.41, 5.74) is 1.13. The average molecular weight is 253 g/mol. The van der Waals surface area contributed by atoms with Crippen LogP contribution >= 0.6 is 0 Å². The van der Waals surface area contributed by atoms with E-state index in [1.54, 1.807) is 6.92 Å². The van der Waals surface area contributed by atoms with E-state index in [1.165, 1.54) is 10.8 Å². The van der Waals surface area contributed by atoms with Gasteiger partial charge >= 0.3 is 0 Å². The number of hydrogen-bond acceptors (Lipinski definition) is 4. The van der Waals surface area contributed by atoms with Crippen molar-refractivity contribution in [2.75, 3.05) is 11.9 Å². The van der Waals surface area contributed by atoms with E-state index in [0.29, 0.717) is 18.3 Å². The van der Waals surface area contributed by atoms with Gasteiger partial charge in [0.15, 0.2) is 0 Å². The summed E-state index contributed by atoms with van der Waals surface area (Å²) in [6.45, 7) is 2.41. The maximum Gasteiger partial charge on any atom is 0.235 e. The van der Waals surface area contributed by atoms with Crippen LogP contribution in [0.4, 0.5) is 5.69 Å². The van der Waals surface area contributed by atoms with Crippen LogP contribution in [-0.4, -0.2) is 17.2 Å². The first kappa shape index (κ1) is 11.7. The lowest BCUT2D eigenvalue weighted by molar-refractivity contribution is 0.466. The van der Waals surface area contributed by atoms with Gasteiger partial charge in [-0.1, -0.05) is 30.3 Å². The summed E-state index contributed by atoms with van der Waals surface area (Å²) in [4.78, 5) is 2.10. The molecule has 3 rings (SSSR count). The van der Waals surface area contributed by atoms with E-state index >= 15 is 0 Å². The lowest BCUT2D eigenvalue weighted by atomic mass is 10.1. The summed E-state index contributed by atoms with van der Waals surface area (Å²) in [5, 5.41) is 10.3. The van der Waals surface area contributed by atoms with E-state index in [1.807, 2.05) is 19.2 Å². The van der Waals surface area contributed by atoms with Gasteiger partial charge in [0, 0.05) is 19.7 Å². The van der Waals surface area contributed by atoms with Gasteiger partial charge in [-0.25, -0.2) is 0 Å². The van der Waals surface area contributed by atoms with Crippen molar-refractivity contribution in [1.82, 2.24) is 10.2 Å². The Bertz CT molecular complexity index is 705. The molecule has 2 aromatic carbocycles. The number of aromatic nitrogens is 2. The Hall–Kier alpha value is -2.36. The first-order valence-corrected chi connectivity index (χ1v) is 6.21. The van der Waals surface area contributed by atoms with Gasteiger partial charge in [-0.05, 0) is 22.9 Å². The Morgan fingerprint density at radius 2 is 1.84 bits per heavy atom. The molecule has 3 aromatic rings. The Balaban J connectivity index is 1.86. The molecule has 0 bridgehead atoms. The van der Waals surface area contributed by atoms with Crippen molar-refractivity contribution in [3.8, 4) is 0 Å². The summed E-state index contributed by atoms with van der Waals surface area (Å²) >= 11 is 0. The quantitative estimate of drug-likeness (QED) is 0.719. The van der Waals surface area contributed by atoms with Crippen LogP contribution < -0.4 is 4.90 Å². The number of rotatable bonds is 3. The third-order valence-electron chi connectivity index (χ3n) is 3.11. The van der Waals surface area contributed by atoms with Gasteiger partial charge in [0.25, 0.3) is 0 Å². The minimum atomic E-state index is 0.599. The SMILES string of the molecule is Cc1nnc(CN(C)c2ccc3ccccc3c2)o1. The summed E-state index contributed by atoms with van der Waals surface area (Å²) in [5.74, 6) is 1.23. The molecule has 96 valence electrons. The standard InChI is InChI=1S/C15H15N3O/c1-11-16-17-15(19-11)10-18(2)14-8-7-12-5-3-4-6-13(12)9-14/h3-9H,10H2,1-2H3. The molecule has 0 aliphatic rings. The van der Waals surface area contributed by atoms with Crippen molar-refractivity contribution < 1.29 is 4.42 Å². The summed E-state index contributed by atoms with van der Waals surface area (Å²) in [6.07, 6.45) is 0. The lowest BCUT2D eigenvalue weighted by Gasteiger charge is -2.17. The van der Waals surface area contributed by atoms with E-state index in [0.717, 1.165) is 5.69 Å². The highest BCUT2D eigenvalue weighted by atomic mass is 16.4. The molecule has 0 amide bonds. The van der Waals surface area contributed by atoms with E-state index in [9.17, 15) is 0 Å². The van der Waals surface area contributed by atoms with E-state index < -0.39 is 0 Å². The zero-order chi connectivity index (χ0) is 13.2. The van der Waals surface area contributed by atoms with Gasteiger partial charge in [0.1, 0.15) is 0 Å². The van der Waals surface area contributed by atoms with Gasteiger partial charge < -0.3 is 9.32 Å². The van der Waals surface area contributed by atoms with Crippen molar-refractivity contribution in [3.05, 3.63) is 54.2 Å². The van der Waals surface area contributed by atoms with E-state index in [2.05, 4.69) is 45.4 Å². The molecule has 0 fully saturated rings. The zero-order valence-electron chi connectivity index (χ0n) is 11.0. The Morgan fingerprint density at radius 1 is 1.05 bits per heavy atom. The van der Waals surface area contributed by atoms with Crippen molar-refractivity contribution in [2.45, 2.75) is 13.5 Å². The molecule has 1 heterocycles. The first-order valence-electron chi connectivity index (χ1n) is 6.21.